The molecule has 1 aromatic carbocycles. The first-order valence-electron chi connectivity index (χ1n) is 9.81. The number of halogens is 3. The molecule has 2 atom stereocenters. The number of ether oxygens (including phenoxy) is 3. The van der Waals surface area contributed by atoms with Crippen molar-refractivity contribution < 1.29 is 37.0 Å². The Labute approximate surface area is 180 Å². The zero-order valence-electron chi connectivity index (χ0n) is 17.6. The molecule has 0 spiro atoms. The van der Waals surface area contributed by atoms with Crippen LogP contribution in [0.25, 0.3) is 0 Å². The number of benzene rings is 1. The molecule has 0 saturated carbocycles. The van der Waals surface area contributed by atoms with E-state index in [9.17, 15) is 22.8 Å². The van der Waals surface area contributed by atoms with Crippen molar-refractivity contribution in [2.45, 2.75) is 56.4 Å². The van der Waals surface area contributed by atoms with Crippen LogP contribution in [0.4, 0.5) is 13.2 Å². The van der Waals surface area contributed by atoms with Crippen molar-refractivity contribution in [2.75, 3.05) is 14.2 Å². The largest absolute Gasteiger partial charge is 0.469 e. The van der Waals surface area contributed by atoms with Gasteiger partial charge in [0.05, 0.1) is 7.11 Å². The molecule has 0 unspecified atom stereocenters. The van der Waals surface area contributed by atoms with E-state index in [2.05, 4.69) is 15.4 Å². The molecule has 0 fully saturated rings. The van der Waals surface area contributed by atoms with E-state index >= 15 is 0 Å². The molecule has 5 nitrogen and oxygen atoms in total. The highest BCUT2D eigenvalue weighted by Gasteiger charge is 2.64. The molecule has 31 heavy (non-hydrogen) atoms. The second-order valence-electron chi connectivity index (χ2n) is 6.70. The molecule has 8 heteroatoms. The van der Waals surface area contributed by atoms with Gasteiger partial charge in [0, 0.05) is 19.1 Å². The Morgan fingerprint density at radius 3 is 2.29 bits per heavy atom. The molecule has 0 N–H and O–H groups in total. The number of terminal acetylenes is 1. The Balaban J connectivity index is 2.70. The Kier molecular flexibility index (Phi) is 10.8. The lowest BCUT2D eigenvalue weighted by molar-refractivity contribution is -0.276. The highest BCUT2D eigenvalue weighted by molar-refractivity contribution is 5.83. The number of hydrogen-bond donors (Lipinski definition) is 0. The van der Waals surface area contributed by atoms with Gasteiger partial charge in [0.25, 0.3) is 5.60 Å². The summed E-state index contributed by atoms with van der Waals surface area (Å²) in [4.78, 5) is 23.6. The lowest BCUT2D eigenvalue weighted by atomic mass is 9.92. The number of rotatable bonds is 12. The van der Waals surface area contributed by atoms with E-state index in [1.807, 2.05) is 0 Å². The second-order valence-corrected chi connectivity index (χ2v) is 6.70. The number of hydrogen-bond acceptors (Lipinski definition) is 5. The number of methoxy groups -OCH3 is 2. The van der Waals surface area contributed by atoms with Crippen LogP contribution in [0, 0.1) is 12.3 Å². The zero-order valence-corrected chi connectivity index (χ0v) is 17.6. The van der Waals surface area contributed by atoms with Gasteiger partial charge in [-0.3, -0.25) is 4.79 Å². The first-order chi connectivity index (χ1) is 14.7. The predicted molar refractivity (Wildman–Crippen MR) is 109 cm³/mol. The number of alkyl halides is 3. The molecule has 0 aliphatic heterocycles. The minimum Gasteiger partial charge on any atom is -0.469 e. The number of allylic oxidation sites excluding steroid dienone is 1. The summed E-state index contributed by atoms with van der Waals surface area (Å²) < 4.78 is 55.8. The van der Waals surface area contributed by atoms with Crippen LogP contribution in [0.5, 0.6) is 0 Å². The Bertz CT molecular complexity index is 768. The van der Waals surface area contributed by atoms with Crippen LogP contribution < -0.4 is 0 Å². The molecule has 170 valence electrons. The van der Waals surface area contributed by atoms with Gasteiger partial charge >= 0.3 is 18.1 Å². The van der Waals surface area contributed by atoms with Crippen molar-refractivity contribution in [1.29, 1.82) is 0 Å². The van der Waals surface area contributed by atoms with E-state index in [0.717, 1.165) is 44.9 Å². The highest BCUT2D eigenvalue weighted by Crippen LogP contribution is 2.43. The van der Waals surface area contributed by atoms with E-state index in [-0.39, 0.29) is 5.97 Å². The number of carbonyl (C=O) groups is 2. The third kappa shape index (κ3) is 7.44. The molecule has 0 radical (unpaired) electrons. The molecular formula is C23H27F3O5. The Morgan fingerprint density at radius 1 is 1.10 bits per heavy atom. The fourth-order valence-electron chi connectivity index (χ4n) is 2.92. The van der Waals surface area contributed by atoms with E-state index < -0.39 is 29.4 Å². The van der Waals surface area contributed by atoms with Crippen LogP contribution in [-0.2, 0) is 29.4 Å². The van der Waals surface area contributed by atoms with E-state index in [0.29, 0.717) is 12.8 Å². The van der Waals surface area contributed by atoms with Crippen molar-refractivity contribution in [3.63, 3.8) is 0 Å². The van der Waals surface area contributed by atoms with Crippen LogP contribution in [-0.4, -0.2) is 38.4 Å². The monoisotopic (exact) mass is 440 g/mol. The SMILES string of the molecule is C#C[C@@H](/C=C/CCCCCCC(=O)OC)OC(=O)[C@@](OC)(c1ccccc1)C(F)(F)F. The summed E-state index contributed by atoms with van der Waals surface area (Å²) in [6, 6.07) is 6.53. The third-order valence-electron chi connectivity index (χ3n) is 4.61. The molecule has 0 aromatic heterocycles. The van der Waals surface area contributed by atoms with E-state index in [1.165, 1.54) is 31.4 Å². The fourth-order valence-corrected chi connectivity index (χ4v) is 2.92. The minimum atomic E-state index is -5.06. The zero-order chi connectivity index (χ0) is 23.3. The number of carbonyl (C=O) groups excluding carboxylic acids is 2. The quantitative estimate of drug-likeness (QED) is 0.204. The molecule has 0 aliphatic carbocycles. The summed E-state index contributed by atoms with van der Waals surface area (Å²) >= 11 is 0. The van der Waals surface area contributed by atoms with Gasteiger partial charge in [0.15, 0.2) is 6.10 Å². The van der Waals surface area contributed by atoms with Gasteiger partial charge < -0.3 is 14.2 Å². The van der Waals surface area contributed by atoms with E-state index in [1.54, 1.807) is 6.08 Å². The molecule has 0 aliphatic rings. The fraction of sp³-hybridized carbons (Fsp3) is 0.478. The van der Waals surface area contributed by atoms with Crippen LogP contribution in [0.3, 0.4) is 0 Å². The first-order valence-corrected chi connectivity index (χ1v) is 9.81. The Hall–Kier alpha value is -2.79. The minimum absolute atomic E-state index is 0.250. The Morgan fingerprint density at radius 2 is 1.74 bits per heavy atom. The summed E-state index contributed by atoms with van der Waals surface area (Å²) in [7, 11) is 2.13. The number of esters is 2. The summed E-state index contributed by atoms with van der Waals surface area (Å²) in [5.74, 6) is 0.273. The van der Waals surface area contributed by atoms with Crippen molar-refractivity contribution in [3.05, 3.63) is 48.0 Å². The lowest BCUT2D eigenvalue weighted by Gasteiger charge is -2.32. The highest BCUT2D eigenvalue weighted by atomic mass is 19.4. The maximum absolute atomic E-state index is 13.9. The summed E-state index contributed by atoms with van der Waals surface area (Å²) in [5, 5.41) is 0. The lowest BCUT2D eigenvalue weighted by Crippen LogP contribution is -2.52. The second kappa shape index (κ2) is 12.8. The van der Waals surface area contributed by atoms with Gasteiger partial charge in [-0.05, 0) is 25.3 Å². The van der Waals surface area contributed by atoms with Gasteiger partial charge in [-0.25, -0.2) is 4.79 Å². The standard InChI is InChI=1S/C23H27F3O5/c1-4-19(16-12-7-5-6-8-13-17-20(27)29-2)31-21(28)22(30-3,23(24,25)26)18-14-10-9-11-15-18/h1,9-12,14-16,19H,5-8,13,17H2,2-3H3/b16-12+/t19-,22-/m0/s1. The van der Waals surface area contributed by atoms with Crippen LogP contribution >= 0.6 is 0 Å². The summed E-state index contributed by atoms with van der Waals surface area (Å²) in [5.41, 5.74) is -3.68. The van der Waals surface area contributed by atoms with Gasteiger partial charge in [-0.2, -0.15) is 13.2 Å². The average molecular weight is 440 g/mol. The molecule has 0 amide bonds. The van der Waals surface area contributed by atoms with Gasteiger partial charge in [0.1, 0.15) is 0 Å². The summed E-state index contributed by atoms with van der Waals surface area (Å²) in [6.07, 6.45) is 6.19. The van der Waals surface area contributed by atoms with Crippen LogP contribution in [0.1, 0.15) is 44.1 Å². The van der Waals surface area contributed by atoms with Crippen LogP contribution in [0.2, 0.25) is 0 Å². The topological polar surface area (TPSA) is 61.8 Å². The number of unbranched alkanes of at least 4 members (excludes halogenated alkanes) is 4. The third-order valence-corrected chi connectivity index (χ3v) is 4.61. The predicted octanol–water partition coefficient (Wildman–Crippen LogP) is 4.71. The van der Waals surface area contributed by atoms with Crippen molar-refractivity contribution in [3.8, 4) is 12.3 Å². The molecular weight excluding hydrogens is 413 g/mol. The average Bonchev–Trinajstić information content (AvgIpc) is 2.75. The smallest absolute Gasteiger partial charge is 0.432 e. The van der Waals surface area contributed by atoms with Crippen molar-refractivity contribution in [1.82, 2.24) is 0 Å². The first kappa shape index (κ1) is 26.2. The van der Waals surface area contributed by atoms with Crippen molar-refractivity contribution >= 4 is 11.9 Å². The van der Waals surface area contributed by atoms with E-state index in [4.69, 9.17) is 11.2 Å². The van der Waals surface area contributed by atoms with Gasteiger partial charge in [-0.1, -0.05) is 55.2 Å². The molecule has 1 rings (SSSR count). The van der Waals surface area contributed by atoms with Gasteiger partial charge in [0.2, 0.25) is 0 Å². The molecule has 1 aromatic rings. The molecule has 0 saturated heterocycles. The van der Waals surface area contributed by atoms with Crippen molar-refractivity contribution in [2.24, 2.45) is 0 Å². The molecule has 0 bridgehead atoms. The maximum Gasteiger partial charge on any atom is 0.432 e. The van der Waals surface area contributed by atoms with Gasteiger partial charge in [-0.15, -0.1) is 6.42 Å². The molecule has 0 heterocycles. The maximum atomic E-state index is 13.9. The van der Waals surface area contributed by atoms with Crippen LogP contribution in [0.15, 0.2) is 42.5 Å². The normalized spacial score (nSPS) is 14.5. The summed E-state index contributed by atoms with van der Waals surface area (Å²) in [6.45, 7) is 0.